The normalized spacial score (nSPS) is 22.6. The van der Waals surface area contributed by atoms with Gasteiger partial charge in [0.1, 0.15) is 31.0 Å². The van der Waals surface area contributed by atoms with Gasteiger partial charge in [0, 0.05) is 0 Å². The molecular formula is C40H46O7. The van der Waals surface area contributed by atoms with Crippen molar-refractivity contribution in [2.24, 2.45) is 0 Å². The molecule has 248 valence electrons. The zero-order valence-electron chi connectivity index (χ0n) is 26.9. The maximum Gasteiger partial charge on any atom is 0.221 e. The fourth-order valence-corrected chi connectivity index (χ4v) is 5.68. The number of rotatable bonds is 19. The van der Waals surface area contributed by atoms with E-state index in [0.29, 0.717) is 32.8 Å². The lowest BCUT2D eigenvalue weighted by Crippen LogP contribution is -2.69. The van der Waals surface area contributed by atoms with Gasteiger partial charge in [0.05, 0.1) is 39.6 Å². The van der Waals surface area contributed by atoms with Crippen molar-refractivity contribution in [1.29, 1.82) is 0 Å². The standard InChI is InChI=1S/C40H46O7/c1-2-3-16-25-46-40(31-41)39(45-29-35-23-14-7-15-24-35)38(44-28-34-21-12-6-13-22-34)37(43-27-33-19-10-5-11-20-33)36(47-40)30-42-26-32-17-8-4-9-18-32/h2,4-15,17-24,36-39,41H,1,3,16,25-31H2/t36-,37+,38+,39-,40-/m1/s1. The first-order valence-electron chi connectivity index (χ1n) is 16.3. The van der Waals surface area contributed by atoms with Crippen molar-refractivity contribution in [3.63, 3.8) is 0 Å². The first-order valence-corrected chi connectivity index (χ1v) is 16.3. The number of benzene rings is 4. The molecule has 0 radical (unpaired) electrons. The van der Waals surface area contributed by atoms with Crippen molar-refractivity contribution in [3.8, 4) is 0 Å². The summed E-state index contributed by atoms with van der Waals surface area (Å²) >= 11 is 0. The summed E-state index contributed by atoms with van der Waals surface area (Å²) in [5, 5.41) is 11.1. The second-order valence-electron chi connectivity index (χ2n) is 11.6. The molecule has 1 heterocycles. The van der Waals surface area contributed by atoms with Gasteiger partial charge in [-0.05, 0) is 35.1 Å². The zero-order valence-corrected chi connectivity index (χ0v) is 26.9. The molecule has 1 saturated heterocycles. The molecule has 1 fully saturated rings. The minimum absolute atomic E-state index is 0.183. The number of hydrogen-bond donors (Lipinski definition) is 1. The maximum atomic E-state index is 11.1. The van der Waals surface area contributed by atoms with Crippen molar-refractivity contribution >= 4 is 0 Å². The first kappa shape index (κ1) is 34.7. The molecular weight excluding hydrogens is 592 g/mol. The number of aliphatic hydroxyl groups is 1. The molecule has 0 aromatic heterocycles. The van der Waals surface area contributed by atoms with Crippen LogP contribution in [0.25, 0.3) is 0 Å². The third kappa shape index (κ3) is 10.2. The fraction of sp³-hybridized carbons (Fsp3) is 0.350. The molecule has 5 atom stereocenters. The van der Waals surface area contributed by atoms with Crippen LogP contribution in [0.5, 0.6) is 0 Å². The molecule has 47 heavy (non-hydrogen) atoms. The van der Waals surface area contributed by atoms with Crippen LogP contribution in [0.15, 0.2) is 134 Å². The summed E-state index contributed by atoms with van der Waals surface area (Å²) in [6.45, 7) is 5.18. The van der Waals surface area contributed by atoms with Crippen LogP contribution >= 0.6 is 0 Å². The molecule has 1 aliphatic rings. The van der Waals surface area contributed by atoms with Gasteiger partial charge < -0.3 is 33.5 Å². The van der Waals surface area contributed by atoms with Crippen LogP contribution in [0.3, 0.4) is 0 Å². The van der Waals surface area contributed by atoms with Crippen molar-refractivity contribution < 1.29 is 33.5 Å². The first-order chi connectivity index (χ1) is 23.2. The Kier molecular flexibility index (Phi) is 13.7. The van der Waals surface area contributed by atoms with Crippen LogP contribution < -0.4 is 0 Å². The number of allylic oxidation sites excluding steroid dienone is 1. The van der Waals surface area contributed by atoms with Crippen molar-refractivity contribution in [2.45, 2.75) is 69.5 Å². The lowest BCUT2D eigenvalue weighted by atomic mass is 9.91. The lowest BCUT2D eigenvalue weighted by molar-refractivity contribution is -0.390. The highest BCUT2D eigenvalue weighted by Crippen LogP contribution is 2.38. The van der Waals surface area contributed by atoms with Gasteiger partial charge in [0.2, 0.25) is 5.79 Å². The largest absolute Gasteiger partial charge is 0.391 e. The number of hydrogen-bond acceptors (Lipinski definition) is 7. The maximum absolute atomic E-state index is 11.1. The molecule has 7 nitrogen and oxygen atoms in total. The average molecular weight is 639 g/mol. The van der Waals surface area contributed by atoms with E-state index in [0.717, 1.165) is 28.7 Å². The third-order valence-corrected chi connectivity index (χ3v) is 8.13. The van der Waals surface area contributed by atoms with Crippen molar-refractivity contribution in [3.05, 3.63) is 156 Å². The van der Waals surface area contributed by atoms with E-state index in [1.807, 2.05) is 127 Å². The SMILES string of the molecule is C=CCCCO[C@]1(CO)O[C@H](COCc2ccccc2)[C@H](OCc2ccccc2)[C@H](OCc2ccccc2)[C@H]1OCc1ccccc1. The van der Waals surface area contributed by atoms with Gasteiger partial charge in [0.25, 0.3) is 0 Å². The van der Waals surface area contributed by atoms with Crippen molar-refractivity contribution in [2.75, 3.05) is 19.8 Å². The Balaban J connectivity index is 1.48. The second-order valence-corrected chi connectivity index (χ2v) is 11.6. The monoisotopic (exact) mass is 638 g/mol. The summed E-state index contributed by atoms with van der Waals surface area (Å²) in [5.41, 5.74) is 4.03. The van der Waals surface area contributed by atoms with E-state index < -0.39 is 36.8 Å². The summed E-state index contributed by atoms with van der Waals surface area (Å²) in [5.74, 6) is -1.54. The number of ether oxygens (including phenoxy) is 6. The van der Waals surface area contributed by atoms with Crippen LogP contribution in [0.2, 0.25) is 0 Å². The highest BCUT2D eigenvalue weighted by molar-refractivity contribution is 5.17. The Bertz CT molecular complexity index is 1420. The van der Waals surface area contributed by atoms with Gasteiger partial charge in [-0.25, -0.2) is 0 Å². The van der Waals surface area contributed by atoms with Gasteiger partial charge in [-0.15, -0.1) is 6.58 Å². The van der Waals surface area contributed by atoms with E-state index in [1.165, 1.54) is 0 Å². The van der Waals surface area contributed by atoms with E-state index >= 15 is 0 Å². The Labute approximate surface area is 278 Å². The van der Waals surface area contributed by atoms with Crippen LogP contribution in [-0.2, 0) is 54.8 Å². The summed E-state index contributed by atoms with van der Waals surface area (Å²) in [7, 11) is 0. The molecule has 0 spiro atoms. The van der Waals surface area contributed by atoms with E-state index in [-0.39, 0.29) is 13.2 Å². The molecule has 0 unspecified atom stereocenters. The molecule has 0 saturated carbocycles. The van der Waals surface area contributed by atoms with Crippen LogP contribution in [0, 0.1) is 0 Å². The smallest absolute Gasteiger partial charge is 0.221 e. The molecule has 5 rings (SSSR count). The van der Waals surface area contributed by atoms with Crippen LogP contribution in [-0.4, -0.2) is 55.1 Å². The minimum atomic E-state index is -1.54. The predicted octanol–water partition coefficient (Wildman–Crippen LogP) is 7.03. The third-order valence-electron chi connectivity index (χ3n) is 8.13. The Morgan fingerprint density at radius 2 is 1.11 bits per heavy atom. The highest BCUT2D eigenvalue weighted by Gasteiger charge is 2.57. The molecule has 1 aliphatic heterocycles. The Hall–Kier alpha value is -3.66. The molecule has 0 amide bonds. The van der Waals surface area contributed by atoms with E-state index in [1.54, 1.807) is 0 Å². The summed E-state index contributed by atoms with van der Waals surface area (Å²) in [6, 6.07) is 39.9. The Morgan fingerprint density at radius 3 is 1.60 bits per heavy atom. The van der Waals surface area contributed by atoms with Gasteiger partial charge in [-0.3, -0.25) is 0 Å². The molecule has 0 bridgehead atoms. The topological polar surface area (TPSA) is 75.6 Å². The summed E-state index contributed by atoms with van der Waals surface area (Å²) < 4.78 is 39.6. The quantitative estimate of drug-likeness (QED) is 0.0873. The molecule has 0 aliphatic carbocycles. The predicted molar refractivity (Wildman–Crippen MR) is 181 cm³/mol. The summed E-state index contributed by atoms with van der Waals surface area (Å²) in [6.07, 6.45) is 0.521. The number of aliphatic hydroxyl groups excluding tert-OH is 1. The van der Waals surface area contributed by atoms with Crippen LogP contribution in [0.1, 0.15) is 35.1 Å². The second kappa shape index (κ2) is 18.6. The van der Waals surface area contributed by atoms with Crippen molar-refractivity contribution in [1.82, 2.24) is 0 Å². The average Bonchev–Trinajstić information content (AvgIpc) is 3.13. The van der Waals surface area contributed by atoms with Gasteiger partial charge in [-0.2, -0.15) is 0 Å². The van der Waals surface area contributed by atoms with Gasteiger partial charge in [-0.1, -0.05) is 127 Å². The minimum Gasteiger partial charge on any atom is -0.391 e. The fourth-order valence-electron chi connectivity index (χ4n) is 5.68. The molecule has 4 aromatic rings. The Morgan fingerprint density at radius 1 is 0.638 bits per heavy atom. The lowest BCUT2D eigenvalue weighted by Gasteiger charge is -2.51. The molecule has 1 N–H and O–H groups in total. The van der Waals surface area contributed by atoms with Crippen LogP contribution in [0.4, 0.5) is 0 Å². The molecule has 4 aromatic carbocycles. The highest BCUT2D eigenvalue weighted by atomic mass is 16.8. The van der Waals surface area contributed by atoms with E-state index in [9.17, 15) is 5.11 Å². The molecule has 7 heteroatoms. The zero-order chi connectivity index (χ0) is 32.6. The van der Waals surface area contributed by atoms with E-state index in [4.69, 9.17) is 28.4 Å². The van der Waals surface area contributed by atoms with E-state index in [2.05, 4.69) is 6.58 Å². The summed E-state index contributed by atoms with van der Waals surface area (Å²) in [4.78, 5) is 0. The van der Waals surface area contributed by atoms with Gasteiger partial charge >= 0.3 is 0 Å². The number of unbranched alkanes of at least 4 members (excludes halogenated alkanes) is 1. The van der Waals surface area contributed by atoms with Gasteiger partial charge in [0.15, 0.2) is 0 Å².